The van der Waals surface area contributed by atoms with Gasteiger partial charge < -0.3 is 9.90 Å². The summed E-state index contributed by atoms with van der Waals surface area (Å²) < 4.78 is 2.08. The fourth-order valence-electron chi connectivity index (χ4n) is 2.46. The maximum Gasteiger partial charge on any atom is 1.00 e. The second-order valence-corrected chi connectivity index (χ2v) is 6.71. The Bertz CT molecular complexity index is 619. The van der Waals surface area contributed by atoms with Crippen LogP contribution in [0.3, 0.4) is 0 Å². The first-order valence-corrected chi connectivity index (χ1v) is 7.54. The van der Waals surface area contributed by atoms with Crippen LogP contribution in [0.4, 0.5) is 0 Å². The van der Waals surface area contributed by atoms with E-state index >= 15 is 0 Å². The number of fused-ring (bicyclic) bond motifs is 3. The third-order valence-electron chi connectivity index (χ3n) is 3.18. The Morgan fingerprint density at radius 2 is 1.37 bits per heavy atom. The number of carboxylic acid groups (broad SMARTS) is 1. The van der Waals surface area contributed by atoms with Gasteiger partial charge in [0.05, 0.1) is 5.97 Å². The van der Waals surface area contributed by atoms with Crippen LogP contribution in [0.5, 0.6) is 0 Å². The standard InChI is InChI=1S/C14H8I2O2.Na/c15-7-1-3-9-10-4-2-8(16)6-12(10)13(14(17)18)11(9)5-7;/h1-6,13H,(H,17,18);/q;+1/p-1. The van der Waals surface area contributed by atoms with E-state index < -0.39 is 11.9 Å². The first-order valence-electron chi connectivity index (χ1n) is 5.38. The molecule has 0 N–H and O–H groups in total. The van der Waals surface area contributed by atoms with Crippen LogP contribution in [0.2, 0.25) is 0 Å². The molecule has 0 atom stereocenters. The van der Waals surface area contributed by atoms with Crippen molar-refractivity contribution in [1.82, 2.24) is 0 Å². The van der Waals surface area contributed by atoms with Crippen LogP contribution in [0.15, 0.2) is 36.4 Å². The molecule has 0 radical (unpaired) electrons. The minimum Gasteiger partial charge on any atom is -0.549 e. The van der Waals surface area contributed by atoms with Crippen molar-refractivity contribution < 1.29 is 39.5 Å². The minimum absolute atomic E-state index is 0. The number of carbonyl (C=O) groups is 1. The van der Waals surface area contributed by atoms with Crippen LogP contribution in [0.1, 0.15) is 17.0 Å². The summed E-state index contributed by atoms with van der Waals surface area (Å²) in [6.07, 6.45) is 0. The number of halogens is 2. The molecular weight excluding hydrogens is 477 g/mol. The molecule has 0 fully saturated rings. The van der Waals surface area contributed by atoms with Gasteiger partial charge in [0.2, 0.25) is 0 Å². The van der Waals surface area contributed by atoms with E-state index in [9.17, 15) is 9.90 Å². The second-order valence-electron chi connectivity index (χ2n) is 4.22. The molecule has 0 saturated carbocycles. The fraction of sp³-hybridized carbons (Fsp3) is 0.0714. The van der Waals surface area contributed by atoms with Gasteiger partial charge in [-0.3, -0.25) is 0 Å². The normalized spacial score (nSPS) is 12.5. The van der Waals surface area contributed by atoms with Crippen molar-refractivity contribution in [1.29, 1.82) is 0 Å². The molecule has 1 aliphatic rings. The van der Waals surface area contributed by atoms with Gasteiger partial charge in [-0.05, 0) is 91.7 Å². The number of hydrogen-bond donors (Lipinski definition) is 0. The van der Waals surface area contributed by atoms with Crippen LogP contribution in [0, 0.1) is 7.14 Å². The zero-order chi connectivity index (χ0) is 12.9. The van der Waals surface area contributed by atoms with E-state index in [1.54, 1.807) is 0 Å². The van der Waals surface area contributed by atoms with E-state index in [2.05, 4.69) is 45.2 Å². The Kier molecular flexibility index (Phi) is 4.98. The zero-order valence-electron chi connectivity index (χ0n) is 10.1. The average Bonchev–Trinajstić information content (AvgIpc) is 2.60. The number of rotatable bonds is 1. The number of carbonyl (C=O) groups excluding carboxylic acids is 1. The molecule has 1 aliphatic carbocycles. The van der Waals surface area contributed by atoms with Crippen molar-refractivity contribution >= 4 is 51.2 Å². The Labute approximate surface area is 160 Å². The molecule has 0 amide bonds. The fourth-order valence-corrected chi connectivity index (χ4v) is 3.49. The maximum absolute atomic E-state index is 11.4. The molecule has 0 aromatic heterocycles. The number of benzene rings is 2. The van der Waals surface area contributed by atoms with Gasteiger partial charge in [-0.25, -0.2) is 0 Å². The monoisotopic (exact) mass is 484 g/mol. The Hall–Kier alpha value is 0.370. The molecule has 0 saturated heterocycles. The van der Waals surface area contributed by atoms with Gasteiger partial charge in [0.1, 0.15) is 0 Å². The number of carboxylic acids is 1. The molecular formula is C14H7I2NaO2. The van der Waals surface area contributed by atoms with Crippen LogP contribution < -0.4 is 34.7 Å². The topological polar surface area (TPSA) is 40.1 Å². The smallest absolute Gasteiger partial charge is 0.549 e. The summed E-state index contributed by atoms with van der Waals surface area (Å²) in [5.74, 6) is -1.67. The van der Waals surface area contributed by atoms with Gasteiger partial charge >= 0.3 is 29.6 Å². The van der Waals surface area contributed by atoms with E-state index in [1.165, 1.54) is 0 Å². The Morgan fingerprint density at radius 3 is 1.74 bits per heavy atom. The van der Waals surface area contributed by atoms with Gasteiger partial charge in [0.25, 0.3) is 0 Å². The van der Waals surface area contributed by atoms with Crippen LogP contribution in [0.25, 0.3) is 11.1 Å². The van der Waals surface area contributed by atoms with Gasteiger partial charge in [0.15, 0.2) is 0 Å². The number of aliphatic carboxylic acids is 1. The van der Waals surface area contributed by atoms with Crippen molar-refractivity contribution in [2.45, 2.75) is 5.92 Å². The molecule has 2 aromatic carbocycles. The summed E-state index contributed by atoms with van der Waals surface area (Å²) >= 11 is 4.40. The average molecular weight is 484 g/mol. The van der Waals surface area contributed by atoms with E-state index in [0.717, 1.165) is 29.4 Å². The molecule has 2 nitrogen and oxygen atoms in total. The summed E-state index contributed by atoms with van der Waals surface area (Å²) in [7, 11) is 0. The SMILES string of the molecule is O=C([O-])C1c2cc(I)ccc2-c2ccc(I)cc21.[Na+]. The van der Waals surface area contributed by atoms with Crippen LogP contribution >= 0.6 is 45.2 Å². The molecule has 0 bridgehead atoms. The third kappa shape index (κ3) is 2.74. The third-order valence-corrected chi connectivity index (χ3v) is 4.52. The summed E-state index contributed by atoms with van der Waals surface area (Å²) in [4.78, 5) is 11.4. The van der Waals surface area contributed by atoms with Crippen LogP contribution in [-0.4, -0.2) is 5.97 Å². The van der Waals surface area contributed by atoms with Gasteiger partial charge in [0, 0.05) is 13.1 Å². The Balaban J connectivity index is 0.00000133. The Morgan fingerprint density at radius 1 is 0.947 bits per heavy atom. The van der Waals surface area contributed by atoms with E-state index in [0.29, 0.717) is 0 Å². The predicted molar refractivity (Wildman–Crippen MR) is 84.2 cm³/mol. The molecule has 3 rings (SSSR count). The van der Waals surface area contributed by atoms with Gasteiger partial charge in [-0.2, -0.15) is 0 Å². The largest absolute Gasteiger partial charge is 1.00 e. The second kappa shape index (κ2) is 6.01. The first kappa shape index (κ1) is 15.8. The van der Waals surface area contributed by atoms with Crippen molar-refractivity contribution in [2.24, 2.45) is 0 Å². The van der Waals surface area contributed by atoms with Crippen molar-refractivity contribution in [2.75, 3.05) is 0 Å². The van der Waals surface area contributed by atoms with E-state index in [4.69, 9.17) is 0 Å². The van der Waals surface area contributed by atoms with Crippen LogP contribution in [-0.2, 0) is 4.79 Å². The zero-order valence-corrected chi connectivity index (χ0v) is 16.4. The van der Waals surface area contributed by atoms with Crippen molar-refractivity contribution in [3.8, 4) is 11.1 Å². The molecule has 0 heterocycles. The van der Waals surface area contributed by atoms with Crippen molar-refractivity contribution in [3.63, 3.8) is 0 Å². The number of hydrogen-bond acceptors (Lipinski definition) is 2. The molecule has 0 unspecified atom stereocenters. The molecule has 0 aliphatic heterocycles. The first-order chi connectivity index (χ1) is 8.58. The minimum atomic E-state index is -1.03. The molecule has 90 valence electrons. The van der Waals surface area contributed by atoms with Gasteiger partial charge in [-0.1, -0.05) is 12.1 Å². The summed E-state index contributed by atoms with van der Waals surface area (Å²) in [5, 5.41) is 11.4. The molecule has 2 aromatic rings. The summed E-state index contributed by atoms with van der Waals surface area (Å²) in [5.41, 5.74) is 3.71. The molecule has 0 spiro atoms. The predicted octanol–water partition coefficient (Wildman–Crippen LogP) is -0.238. The van der Waals surface area contributed by atoms with Crippen molar-refractivity contribution in [3.05, 3.63) is 54.7 Å². The molecule has 19 heavy (non-hydrogen) atoms. The van der Waals surface area contributed by atoms with E-state index in [-0.39, 0.29) is 29.6 Å². The summed E-state index contributed by atoms with van der Waals surface area (Å²) in [6.45, 7) is 0. The molecule has 5 heteroatoms. The maximum atomic E-state index is 11.4. The van der Waals surface area contributed by atoms with Gasteiger partial charge in [-0.15, -0.1) is 0 Å². The summed E-state index contributed by atoms with van der Waals surface area (Å²) in [6, 6.07) is 11.8. The van der Waals surface area contributed by atoms with E-state index in [1.807, 2.05) is 36.4 Å². The quantitative estimate of drug-likeness (QED) is 0.415.